The summed E-state index contributed by atoms with van der Waals surface area (Å²) in [5.74, 6) is -0.745. The van der Waals surface area contributed by atoms with Crippen LogP contribution >= 0.6 is 0 Å². The molecule has 0 bridgehead atoms. The average molecular weight is 163 g/mol. The standard InChI is InChI=1S/C4H11NO.C3H6O2/c1-2-4(6)3-5;1-2-3(4)5/h4,6H,2-3,5H2,1H3;2H2,1H3,(H,4,5). The van der Waals surface area contributed by atoms with Crippen molar-refractivity contribution in [3.05, 3.63) is 0 Å². The number of aliphatic hydroxyl groups excluding tert-OH is 1. The molecule has 0 rings (SSSR count). The van der Waals surface area contributed by atoms with Gasteiger partial charge in [-0.25, -0.2) is 0 Å². The molecule has 0 fully saturated rings. The fourth-order valence-electron chi connectivity index (χ4n) is 0.167. The van der Waals surface area contributed by atoms with E-state index in [0.717, 1.165) is 6.42 Å². The van der Waals surface area contributed by atoms with Gasteiger partial charge >= 0.3 is 5.97 Å². The highest BCUT2D eigenvalue weighted by molar-refractivity contribution is 5.66. The van der Waals surface area contributed by atoms with Crippen molar-refractivity contribution >= 4 is 5.97 Å². The molecular weight excluding hydrogens is 146 g/mol. The van der Waals surface area contributed by atoms with Crippen LogP contribution < -0.4 is 5.73 Å². The van der Waals surface area contributed by atoms with E-state index in [9.17, 15) is 4.79 Å². The minimum Gasteiger partial charge on any atom is -0.481 e. The topological polar surface area (TPSA) is 83.5 Å². The minimum atomic E-state index is -0.745. The first-order valence-electron chi connectivity index (χ1n) is 3.68. The van der Waals surface area contributed by atoms with Gasteiger partial charge in [0, 0.05) is 13.0 Å². The first-order chi connectivity index (χ1) is 5.08. The van der Waals surface area contributed by atoms with E-state index in [1.165, 1.54) is 0 Å². The highest BCUT2D eigenvalue weighted by Gasteiger charge is 1.90. The molecule has 0 amide bonds. The number of aliphatic carboxylic acids is 1. The van der Waals surface area contributed by atoms with Gasteiger partial charge in [-0.3, -0.25) is 4.79 Å². The first-order valence-corrected chi connectivity index (χ1v) is 3.68. The summed E-state index contributed by atoms with van der Waals surface area (Å²) in [6, 6.07) is 0. The van der Waals surface area contributed by atoms with Gasteiger partial charge < -0.3 is 15.9 Å². The van der Waals surface area contributed by atoms with Crippen molar-refractivity contribution in [2.45, 2.75) is 32.8 Å². The third-order valence-corrected chi connectivity index (χ3v) is 1.05. The molecule has 0 spiro atoms. The van der Waals surface area contributed by atoms with Gasteiger partial charge in [-0.05, 0) is 6.42 Å². The molecule has 1 atom stereocenters. The van der Waals surface area contributed by atoms with Gasteiger partial charge in [-0.1, -0.05) is 13.8 Å². The molecule has 68 valence electrons. The average Bonchev–Trinajstić information content (AvgIpc) is 2.04. The van der Waals surface area contributed by atoms with Gasteiger partial charge in [0.1, 0.15) is 0 Å². The van der Waals surface area contributed by atoms with Crippen molar-refractivity contribution in [3.63, 3.8) is 0 Å². The summed E-state index contributed by atoms with van der Waals surface area (Å²) in [5.41, 5.74) is 5.03. The SMILES string of the molecule is CCC(=O)O.CCC(O)CN. The highest BCUT2D eigenvalue weighted by atomic mass is 16.4. The van der Waals surface area contributed by atoms with Crippen LogP contribution in [-0.2, 0) is 4.79 Å². The van der Waals surface area contributed by atoms with Gasteiger partial charge in [0.15, 0.2) is 0 Å². The fraction of sp³-hybridized carbons (Fsp3) is 0.857. The van der Waals surface area contributed by atoms with E-state index in [0.29, 0.717) is 6.54 Å². The van der Waals surface area contributed by atoms with Crippen LogP contribution in [0.15, 0.2) is 0 Å². The lowest BCUT2D eigenvalue weighted by Gasteiger charge is -1.98. The number of rotatable bonds is 3. The van der Waals surface area contributed by atoms with Crippen LogP contribution in [-0.4, -0.2) is 28.8 Å². The molecule has 0 aliphatic carbocycles. The number of hydrogen-bond donors (Lipinski definition) is 3. The van der Waals surface area contributed by atoms with Crippen molar-refractivity contribution in [3.8, 4) is 0 Å². The smallest absolute Gasteiger partial charge is 0.303 e. The van der Waals surface area contributed by atoms with Gasteiger partial charge in [-0.2, -0.15) is 0 Å². The molecule has 0 aromatic heterocycles. The minimum absolute atomic E-state index is 0.222. The monoisotopic (exact) mass is 163 g/mol. The van der Waals surface area contributed by atoms with E-state index in [4.69, 9.17) is 15.9 Å². The summed E-state index contributed by atoms with van der Waals surface area (Å²) in [6.45, 7) is 3.89. The zero-order chi connectivity index (χ0) is 9.28. The molecule has 1 unspecified atom stereocenters. The van der Waals surface area contributed by atoms with Gasteiger partial charge in [-0.15, -0.1) is 0 Å². The Hall–Kier alpha value is -0.610. The van der Waals surface area contributed by atoms with E-state index in [2.05, 4.69) is 0 Å². The molecule has 4 nitrogen and oxygen atoms in total. The summed E-state index contributed by atoms with van der Waals surface area (Å²) < 4.78 is 0. The Morgan fingerprint density at radius 1 is 1.55 bits per heavy atom. The van der Waals surface area contributed by atoms with Crippen molar-refractivity contribution in [2.24, 2.45) is 5.73 Å². The van der Waals surface area contributed by atoms with Gasteiger partial charge in [0.05, 0.1) is 6.10 Å². The summed E-state index contributed by atoms with van der Waals surface area (Å²) in [4.78, 5) is 9.37. The van der Waals surface area contributed by atoms with Crippen molar-refractivity contribution < 1.29 is 15.0 Å². The number of carbonyl (C=O) groups is 1. The molecule has 4 heteroatoms. The predicted molar refractivity (Wildman–Crippen MR) is 43.3 cm³/mol. The summed E-state index contributed by atoms with van der Waals surface area (Å²) >= 11 is 0. The Morgan fingerprint density at radius 2 is 1.91 bits per heavy atom. The number of carboxylic acid groups (broad SMARTS) is 1. The predicted octanol–water partition coefficient (Wildman–Crippen LogP) is 0.197. The second kappa shape index (κ2) is 9.39. The maximum Gasteiger partial charge on any atom is 0.303 e. The van der Waals surface area contributed by atoms with E-state index in [-0.39, 0.29) is 12.5 Å². The number of carboxylic acids is 1. The Morgan fingerprint density at radius 3 is 1.91 bits per heavy atom. The third kappa shape index (κ3) is 17.7. The second-order valence-electron chi connectivity index (χ2n) is 2.05. The lowest BCUT2D eigenvalue weighted by Crippen LogP contribution is -2.17. The molecule has 0 saturated carbocycles. The van der Waals surface area contributed by atoms with Crippen LogP contribution in [0.5, 0.6) is 0 Å². The van der Waals surface area contributed by atoms with Gasteiger partial charge in [0.25, 0.3) is 0 Å². The van der Waals surface area contributed by atoms with Crippen molar-refractivity contribution in [1.29, 1.82) is 0 Å². The quantitative estimate of drug-likeness (QED) is 0.555. The maximum atomic E-state index is 9.37. The molecular formula is C7H17NO3. The van der Waals surface area contributed by atoms with Crippen LogP contribution in [0.3, 0.4) is 0 Å². The summed E-state index contributed by atoms with van der Waals surface area (Å²) in [7, 11) is 0. The lowest BCUT2D eigenvalue weighted by molar-refractivity contribution is -0.136. The second-order valence-corrected chi connectivity index (χ2v) is 2.05. The van der Waals surface area contributed by atoms with Crippen molar-refractivity contribution in [2.75, 3.05) is 6.54 Å². The van der Waals surface area contributed by atoms with E-state index in [1.54, 1.807) is 6.92 Å². The molecule has 11 heavy (non-hydrogen) atoms. The van der Waals surface area contributed by atoms with Crippen molar-refractivity contribution in [1.82, 2.24) is 0 Å². The van der Waals surface area contributed by atoms with Crippen LogP contribution in [0.25, 0.3) is 0 Å². The Kier molecular flexibility index (Phi) is 11.1. The van der Waals surface area contributed by atoms with Gasteiger partial charge in [0.2, 0.25) is 0 Å². The summed E-state index contributed by atoms with van der Waals surface area (Å²) in [5, 5.41) is 16.3. The Labute approximate surface area is 67.0 Å². The molecule has 0 aliphatic rings. The largest absolute Gasteiger partial charge is 0.481 e. The zero-order valence-corrected chi connectivity index (χ0v) is 7.08. The normalized spacial score (nSPS) is 11.3. The van der Waals surface area contributed by atoms with Crippen LogP contribution in [0.4, 0.5) is 0 Å². The highest BCUT2D eigenvalue weighted by Crippen LogP contribution is 1.81. The molecule has 0 aromatic carbocycles. The third-order valence-electron chi connectivity index (χ3n) is 1.05. The lowest BCUT2D eigenvalue weighted by atomic mass is 10.3. The van der Waals surface area contributed by atoms with Crippen LogP contribution in [0.2, 0.25) is 0 Å². The Bertz CT molecular complexity index is 91.7. The number of hydrogen-bond acceptors (Lipinski definition) is 3. The van der Waals surface area contributed by atoms with E-state index < -0.39 is 5.97 Å². The maximum absolute atomic E-state index is 9.37. The first kappa shape index (κ1) is 13.0. The summed E-state index contributed by atoms with van der Waals surface area (Å²) in [6.07, 6.45) is 0.696. The number of nitrogens with two attached hydrogens (primary N) is 1. The van der Waals surface area contributed by atoms with Crippen LogP contribution in [0, 0.1) is 0 Å². The number of aliphatic hydroxyl groups is 1. The zero-order valence-electron chi connectivity index (χ0n) is 7.08. The molecule has 0 heterocycles. The molecule has 4 N–H and O–H groups in total. The fourth-order valence-corrected chi connectivity index (χ4v) is 0.167. The molecule has 0 radical (unpaired) electrons. The molecule has 0 aromatic rings. The molecule has 0 aliphatic heterocycles. The van der Waals surface area contributed by atoms with Crippen LogP contribution in [0.1, 0.15) is 26.7 Å². The van der Waals surface area contributed by atoms with E-state index >= 15 is 0 Å². The molecule has 0 saturated heterocycles. The Balaban J connectivity index is 0. The van der Waals surface area contributed by atoms with E-state index in [1.807, 2.05) is 6.92 Å².